The second kappa shape index (κ2) is 17.5. The number of carboxylic acids is 1. The Hall–Kier alpha value is -3.27. The molecule has 0 aliphatic heterocycles. The van der Waals surface area contributed by atoms with Crippen LogP contribution in [-0.4, -0.2) is 57.9 Å². The topological polar surface area (TPSA) is 126 Å². The largest absolute Gasteiger partial charge is 0.481 e. The van der Waals surface area contributed by atoms with Crippen molar-refractivity contribution in [3.05, 3.63) is 52.0 Å². The molecule has 2 aromatic rings. The fourth-order valence-electron chi connectivity index (χ4n) is 4.87. The number of aliphatic carboxylic acids is 1. The first-order valence-electron chi connectivity index (χ1n) is 14.5. The van der Waals surface area contributed by atoms with Gasteiger partial charge in [0.1, 0.15) is 10.7 Å². The number of nitrogens with zero attached hydrogens (tertiary/aromatic N) is 2. The van der Waals surface area contributed by atoms with Crippen LogP contribution in [0.1, 0.15) is 100 Å². The average molecular weight is 588 g/mol. The third kappa shape index (κ3) is 10.9. The number of thiazole rings is 1. The number of nitrogens with one attached hydrogen (secondary N) is 1. The summed E-state index contributed by atoms with van der Waals surface area (Å²) < 4.78 is 5.46. The lowest BCUT2D eigenvalue weighted by atomic mass is 9.95. The van der Waals surface area contributed by atoms with Gasteiger partial charge in [-0.3, -0.25) is 19.2 Å². The van der Waals surface area contributed by atoms with E-state index in [9.17, 15) is 24.3 Å². The maximum atomic E-state index is 13.2. The molecule has 1 heterocycles. The van der Waals surface area contributed by atoms with Crippen molar-refractivity contribution < 1.29 is 29.0 Å². The van der Waals surface area contributed by atoms with Crippen LogP contribution in [0.2, 0.25) is 0 Å². The number of ether oxygens (including phenoxy) is 1. The molecule has 0 saturated carbocycles. The van der Waals surface area contributed by atoms with E-state index in [-0.39, 0.29) is 30.0 Å². The second-order valence-corrected chi connectivity index (χ2v) is 11.8. The third-order valence-corrected chi connectivity index (χ3v) is 8.06. The van der Waals surface area contributed by atoms with Crippen LogP contribution in [0.5, 0.6) is 0 Å². The van der Waals surface area contributed by atoms with Crippen LogP contribution in [0.4, 0.5) is 0 Å². The standard InChI is InChI=1S/C31H45N3O6S/c1-6-8-14-28(36)34(15-7-2)26(21(3)4)18-27(40-20-35)30-33-25(19-41-30)29(37)32-24(16-22(5)31(38)39)17-23-12-10-9-11-13-23/h9-13,19-22,24,26-27H,6-8,14-18H2,1-5H3,(H,32,37)(H,38,39)/t22?,24-,26?,27?/m1/s1. The molecule has 2 rings (SSSR count). The SMILES string of the molecule is CCCCC(=O)N(CCC)C(CC(OC=O)c1nc(C(=O)N[C@@H](Cc2ccccc2)CC(C)C(=O)O)cs1)C(C)C. The van der Waals surface area contributed by atoms with Crippen molar-refractivity contribution >= 4 is 35.6 Å². The molecule has 0 fully saturated rings. The molecule has 2 N–H and O–H groups in total. The number of aromatic nitrogens is 1. The van der Waals surface area contributed by atoms with E-state index in [4.69, 9.17) is 4.74 Å². The molecule has 0 bridgehead atoms. The van der Waals surface area contributed by atoms with Gasteiger partial charge in [0.2, 0.25) is 5.91 Å². The minimum Gasteiger partial charge on any atom is -0.481 e. The lowest BCUT2D eigenvalue weighted by Crippen LogP contribution is -2.44. The summed E-state index contributed by atoms with van der Waals surface area (Å²) in [4.78, 5) is 55.7. The van der Waals surface area contributed by atoms with Gasteiger partial charge in [0.25, 0.3) is 12.4 Å². The number of rotatable bonds is 19. The summed E-state index contributed by atoms with van der Waals surface area (Å²) in [5.41, 5.74) is 1.16. The van der Waals surface area contributed by atoms with Gasteiger partial charge < -0.3 is 20.1 Å². The first-order chi connectivity index (χ1) is 19.6. The summed E-state index contributed by atoms with van der Waals surface area (Å²) in [7, 11) is 0. The van der Waals surface area contributed by atoms with E-state index in [1.54, 1.807) is 12.3 Å². The highest BCUT2D eigenvalue weighted by Gasteiger charge is 2.31. The quantitative estimate of drug-likeness (QED) is 0.203. The Labute approximate surface area is 247 Å². The van der Waals surface area contributed by atoms with Crippen molar-refractivity contribution in [2.75, 3.05) is 6.54 Å². The maximum Gasteiger partial charge on any atom is 0.306 e. The molecule has 0 saturated heterocycles. The first kappa shape index (κ1) is 33.9. The van der Waals surface area contributed by atoms with Crippen LogP contribution in [-0.2, 0) is 25.5 Å². The van der Waals surface area contributed by atoms with Crippen LogP contribution in [0.25, 0.3) is 0 Å². The summed E-state index contributed by atoms with van der Waals surface area (Å²) in [5, 5.41) is 14.5. The lowest BCUT2D eigenvalue weighted by Gasteiger charge is -2.36. The second-order valence-electron chi connectivity index (χ2n) is 10.9. The van der Waals surface area contributed by atoms with Gasteiger partial charge in [0.15, 0.2) is 6.10 Å². The van der Waals surface area contributed by atoms with E-state index >= 15 is 0 Å². The third-order valence-electron chi connectivity index (χ3n) is 7.12. The molecule has 1 aromatic heterocycles. The molecule has 41 heavy (non-hydrogen) atoms. The number of carboxylic acid groups (broad SMARTS) is 1. The molecule has 1 aromatic carbocycles. The van der Waals surface area contributed by atoms with Gasteiger partial charge in [-0.15, -0.1) is 11.3 Å². The van der Waals surface area contributed by atoms with Crippen molar-refractivity contribution in [2.45, 2.75) is 97.8 Å². The Balaban J connectivity index is 2.24. The van der Waals surface area contributed by atoms with Crippen LogP contribution < -0.4 is 5.32 Å². The molecule has 3 unspecified atom stereocenters. The highest BCUT2D eigenvalue weighted by molar-refractivity contribution is 7.09. The van der Waals surface area contributed by atoms with E-state index < -0.39 is 29.9 Å². The Bertz CT molecular complexity index is 1110. The zero-order chi connectivity index (χ0) is 30.4. The average Bonchev–Trinajstić information content (AvgIpc) is 3.44. The smallest absolute Gasteiger partial charge is 0.306 e. The zero-order valence-corrected chi connectivity index (χ0v) is 25.7. The predicted molar refractivity (Wildman–Crippen MR) is 160 cm³/mol. The summed E-state index contributed by atoms with van der Waals surface area (Å²) in [6.07, 6.45) is 3.44. The molecule has 4 atom stereocenters. The van der Waals surface area contributed by atoms with Crippen molar-refractivity contribution in [2.24, 2.45) is 11.8 Å². The van der Waals surface area contributed by atoms with Crippen LogP contribution in [0.3, 0.4) is 0 Å². The summed E-state index contributed by atoms with van der Waals surface area (Å²) in [5.74, 6) is -1.77. The van der Waals surface area contributed by atoms with E-state index in [2.05, 4.69) is 17.2 Å². The monoisotopic (exact) mass is 587 g/mol. The molecule has 9 nitrogen and oxygen atoms in total. The summed E-state index contributed by atoms with van der Waals surface area (Å²) >= 11 is 1.22. The Morgan fingerprint density at radius 1 is 1.10 bits per heavy atom. The van der Waals surface area contributed by atoms with Gasteiger partial charge >= 0.3 is 5.97 Å². The Morgan fingerprint density at radius 3 is 2.39 bits per heavy atom. The van der Waals surface area contributed by atoms with Crippen LogP contribution >= 0.6 is 11.3 Å². The molecule has 0 aliphatic rings. The number of amides is 2. The lowest BCUT2D eigenvalue weighted by molar-refractivity contribution is -0.142. The molecule has 226 valence electrons. The van der Waals surface area contributed by atoms with E-state index in [0.717, 1.165) is 24.8 Å². The number of unbranched alkanes of at least 4 members (excludes halogenated alkanes) is 1. The van der Waals surface area contributed by atoms with Gasteiger partial charge in [-0.25, -0.2) is 4.98 Å². The fraction of sp³-hybridized carbons (Fsp3) is 0.581. The van der Waals surface area contributed by atoms with E-state index in [1.165, 1.54) is 11.3 Å². The summed E-state index contributed by atoms with van der Waals surface area (Å²) in [6.45, 7) is 10.8. The maximum absolute atomic E-state index is 13.2. The van der Waals surface area contributed by atoms with E-state index in [0.29, 0.717) is 37.3 Å². The highest BCUT2D eigenvalue weighted by atomic mass is 32.1. The molecule has 2 amide bonds. The van der Waals surface area contributed by atoms with Gasteiger partial charge in [-0.2, -0.15) is 0 Å². The van der Waals surface area contributed by atoms with Crippen molar-refractivity contribution in [1.29, 1.82) is 0 Å². The Morgan fingerprint density at radius 2 is 1.80 bits per heavy atom. The minimum atomic E-state index is -0.924. The number of benzene rings is 1. The van der Waals surface area contributed by atoms with Crippen molar-refractivity contribution in [3.8, 4) is 0 Å². The summed E-state index contributed by atoms with van der Waals surface area (Å²) in [6, 6.07) is 9.00. The number of carbonyl (C=O) groups excluding carboxylic acids is 3. The van der Waals surface area contributed by atoms with Gasteiger partial charge in [0, 0.05) is 36.9 Å². The van der Waals surface area contributed by atoms with Gasteiger partial charge in [-0.05, 0) is 37.2 Å². The zero-order valence-electron chi connectivity index (χ0n) is 24.9. The first-order valence-corrected chi connectivity index (χ1v) is 15.4. The minimum absolute atomic E-state index is 0.0940. The highest BCUT2D eigenvalue weighted by Crippen LogP contribution is 2.30. The molecular formula is C31H45N3O6S. The molecule has 10 heteroatoms. The molecule has 0 spiro atoms. The normalized spacial score (nSPS) is 14.1. The van der Waals surface area contributed by atoms with Crippen molar-refractivity contribution in [3.63, 3.8) is 0 Å². The van der Waals surface area contributed by atoms with Crippen LogP contribution in [0.15, 0.2) is 35.7 Å². The van der Waals surface area contributed by atoms with Crippen molar-refractivity contribution in [1.82, 2.24) is 15.2 Å². The number of hydrogen-bond acceptors (Lipinski definition) is 7. The fourth-order valence-corrected chi connectivity index (χ4v) is 5.71. The van der Waals surface area contributed by atoms with Gasteiger partial charge in [-0.1, -0.05) is 71.4 Å². The Kier molecular flexibility index (Phi) is 14.5. The molecular weight excluding hydrogens is 542 g/mol. The van der Waals surface area contributed by atoms with E-state index in [1.807, 2.05) is 56.0 Å². The molecule has 0 radical (unpaired) electrons. The van der Waals surface area contributed by atoms with Crippen LogP contribution in [0, 0.1) is 11.8 Å². The van der Waals surface area contributed by atoms with Gasteiger partial charge in [0.05, 0.1) is 5.92 Å². The number of hydrogen-bond donors (Lipinski definition) is 2. The predicted octanol–water partition coefficient (Wildman–Crippen LogP) is 5.65. The number of carbonyl (C=O) groups is 4. The molecule has 0 aliphatic carbocycles.